The predicted octanol–water partition coefficient (Wildman–Crippen LogP) is 4.54. The molecule has 0 aromatic carbocycles. The Balaban J connectivity index is -0.0000000268. The van der Waals surface area contributed by atoms with Gasteiger partial charge in [-0.1, -0.05) is 34.4 Å². The van der Waals surface area contributed by atoms with E-state index in [2.05, 4.69) is 29.6 Å². The van der Waals surface area contributed by atoms with E-state index in [0.717, 1.165) is 0 Å². The minimum atomic E-state index is -0.347. The van der Waals surface area contributed by atoms with Gasteiger partial charge < -0.3 is 9.73 Å². The predicted molar refractivity (Wildman–Crippen MR) is 83.0 cm³/mol. The molecule has 0 aromatic rings. The summed E-state index contributed by atoms with van der Waals surface area (Å²) in [6, 6.07) is 0. The summed E-state index contributed by atoms with van der Waals surface area (Å²) in [5.41, 5.74) is 1.60. The van der Waals surface area contributed by atoms with Crippen molar-refractivity contribution in [2.75, 3.05) is 14.2 Å². The summed E-state index contributed by atoms with van der Waals surface area (Å²) in [6.45, 7) is 15.6. The van der Waals surface area contributed by atoms with Gasteiger partial charge in [-0.05, 0) is 27.5 Å². The third-order valence-corrected chi connectivity index (χ3v) is 0.534. The van der Waals surface area contributed by atoms with Crippen molar-refractivity contribution in [3.63, 3.8) is 0 Å². The first-order valence-electron chi connectivity index (χ1n) is 4.04. The van der Waals surface area contributed by atoms with E-state index in [1.807, 2.05) is 13.8 Å². The van der Waals surface area contributed by atoms with Crippen LogP contribution in [-0.2, 0) is 9.53 Å². The van der Waals surface area contributed by atoms with E-state index < -0.39 is 0 Å². The highest BCUT2D eigenvalue weighted by atomic mass is 16.5. The van der Waals surface area contributed by atoms with Crippen molar-refractivity contribution < 1.29 is 9.53 Å². The van der Waals surface area contributed by atoms with Crippen LogP contribution < -0.4 is 0 Å². The largest absolute Gasteiger partial charge is 0.466 e. The number of ether oxygens (including phenoxy) is 1. The molecule has 17 heavy (non-hydrogen) atoms. The van der Waals surface area contributed by atoms with Gasteiger partial charge in [0, 0.05) is 12.6 Å². The molecule has 0 unspecified atom stereocenters. The molecule has 106 valence electrons. The minimum Gasteiger partial charge on any atom is -0.466 e. The van der Waals surface area contributed by atoms with Crippen molar-refractivity contribution >= 4 is 12.7 Å². The van der Waals surface area contributed by atoms with Crippen LogP contribution >= 0.6 is 0 Å². The molecule has 0 aromatic heterocycles. The average molecular weight is 247 g/mol. The van der Waals surface area contributed by atoms with Crippen LogP contribution in [0.25, 0.3) is 0 Å². The van der Waals surface area contributed by atoms with Gasteiger partial charge in [-0.25, -0.2) is 4.79 Å². The molecule has 0 aliphatic heterocycles. The topological polar surface area (TPSA) is 38.7 Å². The Hall–Kier alpha value is -1.38. The van der Waals surface area contributed by atoms with Gasteiger partial charge in [0.2, 0.25) is 0 Å². The molecule has 0 aliphatic rings. The SMILES string of the molecule is C.C.C.C=C(C)C.C=C(C)C(=O)OC.C=NC. The zero-order chi connectivity index (χ0) is 12.1. The van der Waals surface area contributed by atoms with Crippen LogP contribution in [0.4, 0.5) is 0 Å². The number of allylic oxidation sites excluding steroid dienone is 1. The van der Waals surface area contributed by atoms with E-state index in [-0.39, 0.29) is 28.2 Å². The molecular weight excluding hydrogens is 214 g/mol. The highest BCUT2D eigenvalue weighted by molar-refractivity contribution is 5.86. The van der Waals surface area contributed by atoms with Gasteiger partial charge in [-0.3, -0.25) is 0 Å². The second kappa shape index (κ2) is 29.3. The molecule has 0 spiro atoms. The van der Waals surface area contributed by atoms with Crippen LogP contribution in [0.5, 0.6) is 0 Å². The number of methoxy groups -OCH3 is 1. The number of hydrogen-bond acceptors (Lipinski definition) is 3. The Kier molecular flexibility index (Phi) is 62.2. The van der Waals surface area contributed by atoms with Crippen LogP contribution in [0.3, 0.4) is 0 Å². The maximum Gasteiger partial charge on any atom is 0.332 e. The number of hydrogen-bond donors (Lipinski definition) is 0. The molecule has 0 fully saturated rings. The first kappa shape index (κ1) is 36.1. The quantitative estimate of drug-likeness (QED) is 0.295. The molecule has 0 atom stereocenters. The van der Waals surface area contributed by atoms with Crippen LogP contribution in [0.1, 0.15) is 43.1 Å². The van der Waals surface area contributed by atoms with Gasteiger partial charge in [0.05, 0.1) is 7.11 Å². The Labute approximate surface area is 109 Å². The van der Waals surface area contributed by atoms with Crippen LogP contribution in [0.15, 0.2) is 29.3 Å². The molecule has 0 saturated heterocycles. The lowest BCUT2D eigenvalue weighted by atomic mass is 10.4. The summed E-state index contributed by atoms with van der Waals surface area (Å²) in [5.74, 6) is -0.347. The molecular formula is C14H33NO2. The average Bonchev–Trinajstić information content (AvgIpc) is 2.03. The molecule has 0 saturated carbocycles. The normalized spacial score (nSPS) is 5.47. The third-order valence-electron chi connectivity index (χ3n) is 0.534. The van der Waals surface area contributed by atoms with Crippen molar-refractivity contribution in [1.82, 2.24) is 0 Å². The second-order valence-corrected chi connectivity index (χ2v) is 2.80. The van der Waals surface area contributed by atoms with Crippen molar-refractivity contribution in [3.8, 4) is 0 Å². The lowest BCUT2D eigenvalue weighted by molar-refractivity contribution is -0.136. The lowest BCUT2D eigenvalue weighted by Gasteiger charge is -1.91. The molecule has 0 N–H and O–H groups in total. The van der Waals surface area contributed by atoms with Crippen molar-refractivity contribution in [2.24, 2.45) is 4.99 Å². The fourth-order valence-electron chi connectivity index (χ4n) is 0.174. The Morgan fingerprint density at radius 2 is 1.24 bits per heavy atom. The summed E-state index contributed by atoms with van der Waals surface area (Å²) in [4.78, 5) is 13.4. The van der Waals surface area contributed by atoms with Crippen LogP contribution in [0, 0.1) is 0 Å². The number of esters is 1. The van der Waals surface area contributed by atoms with E-state index in [9.17, 15) is 4.79 Å². The Morgan fingerprint density at radius 1 is 1.06 bits per heavy atom. The first-order chi connectivity index (χ1) is 6.33. The molecule has 0 heterocycles. The molecule has 0 bridgehead atoms. The summed E-state index contributed by atoms with van der Waals surface area (Å²) in [5, 5.41) is 0. The van der Waals surface area contributed by atoms with E-state index in [1.165, 1.54) is 12.7 Å². The maximum atomic E-state index is 10.2. The molecule has 0 aliphatic carbocycles. The minimum absolute atomic E-state index is 0. The fraction of sp³-hybridized carbons (Fsp3) is 0.571. The van der Waals surface area contributed by atoms with Gasteiger partial charge in [0.1, 0.15) is 0 Å². The Morgan fingerprint density at radius 3 is 1.24 bits per heavy atom. The number of carbonyl (C=O) groups excluding carboxylic acids is 1. The number of nitrogens with zero attached hydrogens (tertiary/aromatic N) is 1. The van der Waals surface area contributed by atoms with Gasteiger partial charge in [0.15, 0.2) is 0 Å². The fourth-order valence-corrected chi connectivity index (χ4v) is 0.174. The highest BCUT2D eigenvalue weighted by Crippen LogP contribution is 1.87. The van der Waals surface area contributed by atoms with Gasteiger partial charge in [-0.2, -0.15) is 0 Å². The second-order valence-electron chi connectivity index (χ2n) is 2.80. The number of rotatable bonds is 1. The lowest BCUT2D eigenvalue weighted by Crippen LogP contribution is -1.98. The number of carbonyl (C=O) groups is 1. The van der Waals surface area contributed by atoms with Gasteiger partial charge in [0.25, 0.3) is 0 Å². The van der Waals surface area contributed by atoms with E-state index >= 15 is 0 Å². The van der Waals surface area contributed by atoms with Crippen molar-refractivity contribution in [2.45, 2.75) is 43.1 Å². The van der Waals surface area contributed by atoms with E-state index in [0.29, 0.717) is 5.57 Å². The van der Waals surface area contributed by atoms with E-state index in [4.69, 9.17) is 0 Å². The van der Waals surface area contributed by atoms with Gasteiger partial charge in [-0.15, -0.1) is 6.58 Å². The summed E-state index contributed by atoms with van der Waals surface area (Å²) in [6.07, 6.45) is 0. The van der Waals surface area contributed by atoms with Crippen LogP contribution in [0.2, 0.25) is 0 Å². The highest BCUT2D eigenvalue weighted by Gasteiger charge is 1.95. The summed E-state index contributed by atoms with van der Waals surface area (Å²) in [7, 11) is 2.97. The van der Waals surface area contributed by atoms with Crippen molar-refractivity contribution in [3.05, 3.63) is 24.3 Å². The summed E-state index contributed by atoms with van der Waals surface area (Å²) >= 11 is 0. The monoisotopic (exact) mass is 247 g/mol. The summed E-state index contributed by atoms with van der Waals surface area (Å²) < 4.78 is 4.27. The van der Waals surface area contributed by atoms with Crippen molar-refractivity contribution in [1.29, 1.82) is 0 Å². The number of aliphatic imine (C=N–C) groups is 1. The molecule has 3 nitrogen and oxygen atoms in total. The Bertz CT molecular complexity index is 192. The smallest absolute Gasteiger partial charge is 0.332 e. The maximum absolute atomic E-state index is 10.2. The molecule has 0 radical (unpaired) electrons. The van der Waals surface area contributed by atoms with E-state index in [1.54, 1.807) is 14.0 Å². The van der Waals surface area contributed by atoms with Gasteiger partial charge >= 0.3 is 5.97 Å². The zero-order valence-electron chi connectivity index (χ0n) is 9.89. The zero-order valence-corrected chi connectivity index (χ0v) is 9.89. The molecule has 3 heteroatoms. The standard InChI is InChI=1S/C5H8O2.C4H8.C2H5N.3CH4/c1-4(2)5(6)7-3;1-4(2)3;1-3-2;;;/h1H2,2-3H3;1H2,2-3H3;1H2,2H3;3*1H4. The molecule has 0 rings (SSSR count). The first-order valence-corrected chi connectivity index (χ1v) is 4.04. The molecule has 0 amide bonds. The third kappa shape index (κ3) is 109. The van der Waals surface area contributed by atoms with Crippen LogP contribution in [-0.4, -0.2) is 26.8 Å².